The second-order valence-corrected chi connectivity index (χ2v) is 4.46. The molecule has 2 unspecified atom stereocenters. The molecule has 0 aliphatic rings. The molecule has 0 heterocycles. The average Bonchev–Trinajstić information content (AvgIpc) is 2.13. The molecule has 0 bridgehead atoms. The SMILES string of the molecule is CCC(O)C(C)CCC(C)(C)OC. The Morgan fingerprint density at radius 3 is 2.31 bits per heavy atom. The van der Waals surface area contributed by atoms with Crippen LogP contribution in [0.2, 0.25) is 0 Å². The van der Waals surface area contributed by atoms with Crippen LogP contribution in [-0.2, 0) is 4.74 Å². The molecule has 0 amide bonds. The van der Waals surface area contributed by atoms with Crippen LogP contribution in [0.4, 0.5) is 0 Å². The van der Waals surface area contributed by atoms with Gasteiger partial charge in [-0.15, -0.1) is 0 Å². The molecule has 0 spiro atoms. The van der Waals surface area contributed by atoms with Crippen LogP contribution in [0.1, 0.15) is 47.0 Å². The Morgan fingerprint density at radius 1 is 1.38 bits per heavy atom. The maximum absolute atomic E-state index is 9.56. The molecule has 0 aliphatic carbocycles. The van der Waals surface area contributed by atoms with Gasteiger partial charge in [0, 0.05) is 7.11 Å². The number of aliphatic hydroxyl groups is 1. The second-order valence-electron chi connectivity index (χ2n) is 4.46. The molecule has 80 valence electrons. The molecule has 0 aliphatic heterocycles. The van der Waals surface area contributed by atoms with Gasteiger partial charge in [0.15, 0.2) is 0 Å². The first-order chi connectivity index (χ1) is 5.93. The molecule has 0 saturated heterocycles. The van der Waals surface area contributed by atoms with E-state index in [1.165, 1.54) is 0 Å². The van der Waals surface area contributed by atoms with Crippen LogP contribution in [0.3, 0.4) is 0 Å². The molecule has 2 atom stereocenters. The fourth-order valence-corrected chi connectivity index (χ4v) is 1.27. The van der Waals surface area contributed by atoms with Crippen molar-refractivity contribution in [2.45, 2.75) is 58.7 Å². The van der Waals surface area contributed by atoms with Crippen LogP contribution >= 0.6 is 0 Å². The normalized spacial score (nSPS) is 17.1. The van der Waals surface area contributed by atoms with Crippen LogP contribution in [0.15, 0.2) is 0 Å². The van der Waals surface area contributed by atoms with Crippen molar-refractivity contribution in [2.24, 2.45) is 5.92 Å². The second kappa shape index (κ2) is 5.61. The highest BCUT2D eigenvalue weighted by Gasteiger charge is 2.20. The standard InChI is InChI=1S/C11H24O2/c1-6-10(12)9(2)7-8-11(3,4)13-5/h9-10,12H,6-8H2,1-5H3. The Morgan fingerprint density at radius 2 is 1.92 bits per heavy atom. The summed E-state index contributed by atoms with van der Waals surface area (Å²) in [5.74, 6) is 0.374. The molecule has 0 aromatic rings. The minimum absolute atomic E-state index is 0.0538. The summed E-state index contributed by atoms with van der Waals surface area (Å²) < 4.78 is 5.32. The number of rotatable bonds is 6. The Labute approximate surface area is 82.3 Å². The zero-order valence-corrected chi connectivity index (χ0v) is 9.63. The highest BCUT2D eigenvalue weighted by atomic mass is 16.5. The zero-order valence-electron chi connectivity index (χ0n) is 9.63. The number of hydrogen-bond acceptors (Lipinski definition) is 2. The van der Waals surface area contributed by atoms with Gasteiger partial charge in [0.05, 0.1) is 11.7 Å². The smallest absolute Gasteiger partial charge is 0.0622 e. The Hall–Kier alpha value is -0.0800. The molecular formula is C11H24O2. The summed E-state index contributed by atoms with van der Waals surface area (Å²) in [7, 11) is 1.74. The molecular weight excluding hydrogens is 164 g/mol. The van der Waals surface area contributed by atoms with Crippen molar-refractivity contribution in [3.63, 3.8) is 0 Å². The molecule has 2 nitrogen and oxygen atoms in total. The Bertz CT molecular complexity index is 132. The minimum Gasteiger partial charge on any atom is -0.393 e. The Kier molecular flexibility index (Phi) is 5.57. The van der Waals surface area contributed by atoms with Crippen LogP contribution in [0.25, 0.3) is 0 Å². The number of aliphatic hydroxyl groups excluding tert-OH is 1. The van der Waals surface area contributed by atoms with Crippen molar-refractivity contribution >= 4 is 0 Å². The van der Waals surface area contributed by atoms with Crippen LogP contribution in [0, 0.1) is 5.92 Å². The highest BCUT2D eigenvalue weighted by Crippen LogP contribution is 2.21. The molecule has 0 radical (unpaired) electrons. The quantitative estimate of drug-likeness (QED) is 0.694. The van der Waals surface area contributed by atoms with Gasteiger partial charge >= 0.3 is 0 Å². The van der Waals surface area contributed by atoms with Gasteiger partial charge in [-0.1, -0.05) is 13.8 Å². The van der Waals surface area contributed by atoms with Gasteiger partial charge in [-0.05, 0) is 39.0 Å². The third-order valence-corrected chi connectivity index (χ3v) is 2.83. The third-order valence-electron chi connectivity index (χ3n) is 2.83. The molecule has 2 heteroatoms. The van der Waals surface area contributed by atoms with Crippen molar-refractivity contribution < 1.29 is 9.84 Å². The number of ether oxygens (including phenoxy) is 1. The number of methoxy groups -OCH3 is 1. The summed E-state index contributed by atoms with van der Waals surface area (Å²) >= 11 is 0. The van der Waals surface area contributed by atoms with Gasteiger partial charge < -0.3 is 9.84 Å². The van der Waals surface area contributed by atoms with Crippen molar-refractivity contribution in [1.29, 1.82) is 0 Å². The van der Waals surface area contributed by atoms with Gasteiger partial charge in [-0.25, -0.2) is 0 Å². The van der Waals surface area contributed by atoms with E-state index in [-0.39, 0.29) is 11.7 Å². The highest BCUT2D eigenvalue weighted by molar-refractivity contribution is 4.71. The predicted octanol–water partition coefficient (Wildman–Crippen LogP) is 2.60. The summed E-state index contributed by atoms with van der Waals surface area (Å²) in [4.78, 5) is 0. The molecule has 1 N–H and O–H groups in total. The molecule has 0 aromatic carbocycles. The maximum Gasteiger partial charge on any atom is 0.0622 e. The van der Waals surface area contributed by atoms with Crippen molar-refractivity contribution in [1.82, 2.24) is 0 Å². The summed E-state index contributed by atoms with van der Waals surface area (Å²) in [6, 6.07) is 0. The monoisotopic (exact) mass is 188 g/mol. The topological polar surface area (TPSA) is 29.5 Å². The third kappa shape index (κ3) is 5.27. The van der Waals surface area contributed by atoms with E-state index in [1.807, 2.05) is 6.92 Å². The van der Waals surface area contributed by atoms with Gasteiger partial charge in [0.2, 0.25) is 0 Å². The molecule has 13 heavy (non-hydrogen) atoms. The van der Waals surface area contributed by atoms with E-state index in [9.17, 15) is 5.11 Å². The lowest BCUT2D eigenvalue weighted by atomic mass is 9.91. The van der Waals surface area contributed by atoms with Gasteiger partial charge in [-0.2, -0.15) is 0 Å². The van der Waals surface area contributed by atoms with Crippen LogP contribution in [-0.4, -0.2) is 23.9 Å². The summed E-state index contributed by atoms with van der Waals surface area (Å²) in [5, 5.41) is 9.56. The predicted molar refractivity (Wildman–Crippen MR) is 55.8 cm³/mol. The van der Waals surface area contributed by atoms with Gasteiger partial charge in [-0.3, -0.25) is 0 Å². The van der Waals surface area contributed by atoms with Crippen LogP contribution in [0.5, 0.6) is 0 Å². The number of hydrogen-bond donors (Lipinski definition) is 1. The van der Waals surface area contributed by atoms with Crippen molar-refractivity contribution in [3.8, 4) is 0 Å². The summed E-state index contributed by atoms with van der Waals surface area (Å²) in [5.41, 5.74) is -0.0538. The lowest BCUT2D eigenvalue weighted by Crippen LogP contribution is -2.25. The van der Waals surface area contributed by atoms with E-state index in [2.05, 4.69) is 20.8 Å². The van der Waals surface area contributed by atoms with E-state index in [4.69, 9.17) is 4.74 Å². The molecule has 0 saturated carbocycles. The lowest BCUT2D eigenvalue weighted by Gasteiger charge is -2.26. The van der Waals surface area contributed by atoms with E-state index in [0.717, 1.165) is 19.3 Å². The fourth-order valence-electron chi connectivity index (χ4n) is 1.27. The molecule has 0 rings (SSSR count). The average molecular weight is 188 g/mol. The van der Waals surface area contributed by atoms with E-state index in [0.29, 0.717) is 5.92 Å². The van der Waals surface area contributed by atoms with E-state index >= 15 is 0 Å². The largest absolute Gasteiger partial charge is 0.393 e. The molecule has 0 aromatic heterocycles. The summed E-state index contributed by atoms with van der Waals surface area (Å²) in [6.07, 6.45) is 2.71. The lowest BCUT2D eigenvalue weighted by molar-refractivity contribution is 0.00373. The van der Waals surface area contributed by atoms with Gasteiger partial charge in [0.1, 0.15) is 0 Å². The van der Waals surface area contributed by atoms with Crippen molar-refractivity contribution in [3.05, 3.63) is 0 Å². The maximum atomic E-state index is 9.56. The first kappa shape index (κ1) is 12.9. The first-order valence-corrected chi connectivity index (χ1v) is 5.16. The summed E-state index contributed by atoms with van der Waals surface area (Å²) in [6.45, 7) is 8.28. The fraction of sp³-hybridized carbons (Fsp3) is 1.00. The van der Waals surface area contributed by atoms with Crippen molar-refractivity contribution in [2.75, 3.05) is 7.11 Å². The van der Waals surface area contributed by atoms with Gasteiger partial charge in [0.25, 0.3) is 0 Å². The first-order valence-electron chi connectivity index (χ1n) is 5.16. The molecule has 0 fully saturated rings. The van der Waals surface area contributed by atoms with E-state index < -0.39 is 0 Å². The minimum atomic E-state index is -0.160. The van der Waals surface area contributed by atoms with Crippen LogP contribution < -0.4 is 0 Å². The zero-order chi connectivity index (χ0) is 10.5. The van der Waals surface area contributed by atoms with E-state index in [1.54, 1.807) is 7.11 Å². The Balaban J connectivity index is 3.75.